The Balaban J connectivity index is 1.74. The maximum absolute atomic E-state index is 13.5. The predicted molar refractivity (Wildman–Crippen MR) is 97.9 cm³/mol. The lowest BCUT2D eigenvalue weighted by Crippen LogP contribution is -2.21. The Morgan fingerprint density at radius 2 is 1.84 bits per heavy atom. The molecule has 0 aliphatic rings. The highest BCUT2D eigenvalue weighted by molar-refractivity contribution is 8.01. The van der Waals surface area contributed by atoms with Gasteiger partial charge in [0, 0.05) is 11.3 Å². The monoisotopic (exact) mass is 361 g/mol. The first-order valence-corrected chi connectivity index (χ1v) is 8.89. The number of halogens is 1. The molecule has 132 valence electrons. The normalized spacial score (nSPS) is 11.6. The van der Waals surface area contributed by atoms with Crippen LogP contribution in [0.25, 0.3) is 0 Å². The van der Waals surface area contributed by atoms with Crippen molar-refractivity contribution in [2.75, 3.05) is 11.1 Å². The summed E-state index contributed by atoms with van der Waals surface area (Å²) in [5.74, 6) is -0.948. The molecule has 0 aromatic heterocycles. The number of hydrogen-bond acceptors (Lipinski definition) is 4. The van der Waals surface area contributed by atoms with Crippen molar-refractivity contribution in [1.82, 2.24) is 0 Å². The first-order chi connectivity index (χ1) is 12.0. The summed E-state index contributed by atoms with van der Waals surface area (Å²) in [7, 11) is 0. The molecule has 0 aliphatic carbocycles. The van der Waals surface area contributed by atoms with E-state index >= 15 is 0 Å². The van der Waals surface area contributed by atoms with Crippen LogP contribution in [0.1, 0.15) is 18.1 Å². The van der Waals surface area contributed by atoms with Crippen LogP contribution in [0.5, 0.6) is 0 Å². The molecule has 0 spiro atoms. The van der Waals surface area contributed by atoms with Gasteiger partial charge < -0.3 is 10.1 Å². The van der Waals surface area contributed by atoms with Crippen molar-refractivity contribution in [3.63, 3.8) is 0 Å². The van der Waals surface area contributed by atoms with Gasteiger partial charge in [0.15, 0.2) is 0 Å². The summed E-state index contributed by atoms with van der Waals surface area (Å²) in [4.78, 5) is 23.9. The SMILES string of the molecule is Cc1ccc(NC(=O)CSC(C)C(=O)OCc2ccccc2F)cc1. The fourth-order valence-corrected chi connectivity index (χ4v) is 2.66. The Morgan fingerprint density at radius 1 is 1.16 bits per heavy atom. The number of benzene rings is 2. The van der Waals surface area contributed by atoms with Gasteiger partial charge in [0.2, 0.25) is 5.91 Å². The largest absolute Gasteiger partial charge is 0.460 e. The minimum absolute atomic E-state index is 0.119. The van der Waals surface area contributed by atoms with Crippen molar-refractivity contribution in [3.05, 3.63) is 65.5 Å². The summed E-state index contributed by atoms with van der Waals surface area (Å²) >= 11 is 1.17. The number of thioether (sulfide) groups is 1. The number of aryl methyl sites for hydroxylation is 1. The van der Waals surface area contributed by atoms with E-state index in [-0.39, 0.29) is 18.3 Å². The Bertz CT molecular complexity index is 734. The molecule has 4 nitrogen and oxygen atoms in total. The van der Waals surface area contributed by atoms with E-state index in [4.69, 9.17) is 4.74 Å². The number of amides is 1. The van der Waals surface area contributed by atoms with Gasteiger partial charge in [-0.15, -0.1) is 11.8 Å². The third kappa shape index (κ3) is 6.23. The Hall–Kier alpha value is -2.34. The van der Waals surface area contributed by atoms with Crippen LogP contribution in [0.2, 0.25) is 0 Å². The Labute approximate surface area is 150 Å². The van der Waals surface area contributed by atoms with Crippen molar-refractivity contribution < 1.29 is 18.7 Å². The van der Waals surface area contributed by atoms with E-state index < -0.39 is 17.0 Å². The molecule has 0 heterocycles. The van der Waals surface area contributed by atoms with Gasteiger partial charge in [-0.1, -0.05) is 35.9 Å². The lowest BCUT2D eigenvalue weighted by molar-refractivity contribution is -0.144. The zero-order valence-electron chi connectivity index (χ0n) is 14.1. The van der Waals surface area contributed by atoms with Crippen molar-refractivity contribution in [2.45, 2.75) is 25.7 Å². The van der Waals surface area contributed by atoms with Crippen molar-refractivity contribution in [1.29, 1.82) is 0 Å². The fourth-order valence-electron chi connectivity index (χ4n) is 1.98. The number of carbonyl (C=O) groups is 2. The quantitative estimate of drug-likeness (QED) is 0.759. The Morgan fingerprint density at radius 3 is 2.52 bits per heavy atom. The lowest BCUT2D eigenvalue weighted by atomic mass is 10.2. The zero-order chi connectivity index (χ0) is 18.2. The molecule has 0 saturated carbocycles. The second kappa shape index (κ2) is 9.22. The molecule has 1 atom stereocenters. The van der Waals surface area contributed by atoms with E-state index in [1.807, 2.05) is 31.2 Å². The van der Waals surface area contributed by atoms with Crippen molar-refractivity contribution in [3.8, 4) is 0 Å². The number of carbonyl (C=O) groups excluding carboxylic acids is 2. The zero-order valence-corrected chi connectivity index (χ0v) is 14.9. The minimum Gasteiger partial charge on any atom is -0.460 e. The van der Waals surface area contributed by atoms with Gasteiger partial charge in [0.05, 0.1) is 5.75 Å². The van der Waals surface area contributed by atoms with Crippen LogP contribution in [-0.4, -0.2) is 22.9 Å². The molecule has 2 aromatic carbocycles. The van der Waals surface area contributed by atoms with Gasteiger partial charge in [-0.2, -0.15) is 0 Å². The average Bonchev–Trinajstić information content (AvgIpc) is 2.60. The maximum atomic E-state index is 13.5. The number of hydrogen-bond donors (Lipinski definition) is 1. The topological polar surface area (TPSA) is 55.4 Å². The summed E-state index contributed by atoms with van der Waals surface area (Å²) in [6.07, 6.45) is 0. The molecule has 25 heavy (non-hydrogen) atoms. The van der Waals surface area contributed by atoms with E-state index in [0.29, 0.717) is 11.3 Å². The number of esters is 1. The van der Waals surface area contributed by atoms with Crippen LogP contribution >= 0.6 is 11.8 Å². The summed E-state index contributed by atoms with van der Waals surface area (Å²) < 4.78 is 18.6. The van der Waals surface area contributed by atoms with Crippen LogP contribution in [0, 0.1) is 12.7 Å². The smallest absolute Gasteiger partial charge is 0.319 e. The molecule has 2 aromatic rings. The number of rotatable bonds is 7. The van der Waals surface area contributed by atoms with Crippen LogP contribution < -0.4 is 5.32 Å². The minimum atomic E-state index is -0.518. The van der Waals surface area contributed by atoms with Gasteiger partial charge >= 0.3 is 5.97 Å². The summed E-state index contributed by atoms with van der Waals surface area (Å²) in [6, 6.07) is 13.6. The molecule has 0 bridgehead atoms. The second-order valence-corrected chi connectivity index (χ2v) is 6.90. The lowest BCUT2D eigenvalue weighted by Gasteiger charge is -2.12. The highest BCUT2D eigenvalue weighted by Gasteiger charge is 2.17. The standard InChI is InChI=1S/C19H20FNO3S/c1-13-7-9-16(10-8-13)21-18(22)12-25-14(2)19(23)24-11-15-5-3-4-6-17(15)20/h3-10,14H,11-12H2,1-2H3,(H,21,22). The third-order valence-electron chi connectivity index (χ3n) is 3.46. The first kappa shape index (κ1) is 19.0. The molecular formula is C19H20FNO3S. The highest BCUT2D eigenvalue weighted by atomic mass is 32.2. The third-order valence-corrected chi connectivity index (χ3v) is 4.58. The van der Waals surface area contributed by atoms with Gasteiger partial charge in [-0.25, -0.2) is 4.39 Å². The molecule has 0 saturated heterocycles. The van der Waals surface area contributed by atoms with Crippen LogP contribution in [0.3, 0.4) is 0 Å². The molecule has 2 rings (SSSR count). The van der Waals surface area contributed by atoms with Gasteiger partial charge in [-0.05, 0) is 32.0 Å². The van der Waals surface area contributed by atoms with E-state index in [0.717, 1.165) is 5.56 Å². The highest BCUT2D eigenvalue weighted by Crippen LogP contribution is 2.15. The molecule has 1 amide bonds. The fraction of sp³-hybridized carbons (Fsp3) is 0.263. The van der Waals surface area contributed by atoms with E-state index in [1.165, 1.54) is 17.8 Å². The van der Waals surface area contributed by atoms with Crippen LogP contribution in [0.15, 0.2) is 48.5 Å². The van der Waals surface area contributed by atoms with E-state index in [2.05, 4.69) is 5.32 Å². The number of ether oxygens (including phenoxy) is 1. The van der Waals surface area contributed by atoms with Gasteiger partial charge in [0.1, 0.15) is 17.7 Å². The molecular weight excluding hydrogens is 341 g/mol. The molecule has 0 aliphatic heterocycles. The van der Waals surface area contributed by atoms with Gasteiger partial charge in [0.25, 0.3) is 0 Å². The number of anilines is 1. The van der Waals surface area contributed by atoms with E-state index in [9.17, 15) is 14.0 Å². The summed E-state index contributed by atoms with van der Waals surface area (Å²) in [5, 5.41) is 2.25. The van der Waals surface area contributed by atoms with E-state index in [1.54, 1.807) is 25.1 Å². The molecule has 1 N–H and O–H groups in total. The van der Waals surface area contributed by atoms with Crippen molar-refractivity contribution in [2.24, 2.45) is 0 Å². The van der Waals surface area contributed by atoms with Crippen LogP contribution in [0.4, 0.5) is 10.1 Å². The molecule has 0 fully saturated rings. The maximum Gasteiger partial charge on any atom is 0.319 e. The first-order valence-electron chi connectivity index (χ1n) is 7.84. The summed E-state index contributed by atoms with van der Waals surface area (Å²) in [5.41, 5.74) is 2.15. The van der Waals surface area contributed by atoms with Crippen molar-refractivity contribution >= 4 is 29.3 Å². The predicted octanol–water partition coefficient (Wildman–Crippen LogP) is 3.94. The second-order valence-electron chi connectivity index (χ2n) is 5.57. The van der Waals surface area contributed by atoms with Crippen LogP contribution in [-0.2, 0) is 20.9 Å². The summed E-state index contributed by atoms with van der Waals surface area (Å²) in [6.45, 7) is 3.51. The molecule has 0 radical (unpaired) electrons. The number of nitrogens with one attached hydrogen (secondary N) is 1. The molecule has 6 heteroatoms. The molecule has 1 unspecified atom stereocenters. The Kier molecular flexibility index (Phi) is 7.01. The average molecular weight is 361 g/mol. The van der Waals surface area contributed by atoms with Gasteiger partial charge in [-0.3, -0.25) is 9.59 Å².